The molecule has 2 aliphatic heterocycles. The summed E-state index contributed by atoms with van der Waals surface area (Å²) in [6.07, 6.45) is 0. The lowest BCUT2D eigenvalue weighted by Crippen LogP contribution is -2.49. The van der Waals surface area contributed by atoms with E-state index in [2.05, 4.69) is 23.1 Å². The summed E-state index contributed by atoms with van der Waals surface area (Å²) in [6, 6.07) is 16.2. The van der Waals surface area contributed by atoms with E-state index in [1.165, 1.54) is 4.90 Å². The third-order valence-corrected chi connectivity index (χ3v) is 5.63. The van der Waals surface area contributed by atoms with Crippen molar-refractivity contribution in [3.05, 3.63) is 54.1 Å². The number of nitrogens with zero attached hydrogens (tertiary/aromatic N) is 3. The van der Waals surface area contributed by atoms with Crippen molar-refractivity contribution in [2.75, 3.05) is 52.4 Å². The van der Waals surface area contributed by atoms with Gasteiger partial charge in [-0.25, -0.2) is 4.99 Å². The number of hydrogen-bond donors (Lipinski definition) is 1. The molecular weight excluding hydrogens is 394 g/mol. The molecule has 0 amide bonds. The van der Waals surface area contributed by atoms with Crippen LogP contribution >= 0.6 is 24.2 Å². The van der Waals surface area contributed by atoms with Gasteiger partial charge < -0.3 is 14.7 Å². The van der Waals surface area contributed by atoms with E-state index in [9.17, 15) is 0 Å². The van der Waals surface area contributed by atoms with Crippen LogP contribution in [0.15, 0.2) is 63.3 Å². The van der Waals surface area contributed by atoms with Crippen LogP contribution in [0.25, 0.3) is 0 Å². The Bertz CT molecular complexity index is 972. The van der Waals surface area contributed by atoms with E-state index in [4.69, 9.17) is 20.3 Å². The third kappa shape index (κ3) is 4.88. The van der Waals surface area contributed by atoms with Crippen LogP contribution in [0.5, 0.6) is 0 Å². The molecule has 2 aromatic rings. The first-order chi connectivity index (χ1) is 14.8. The molecule has 7 heteroatoms. The van der Waals surface area contributed by atoms with Crippen LogP contribution in [-0.2, 0) is 4.74 Å². The van der Waals surface area contributed by atoms with Crippen LogP contribution in [0.2, 0.25) is 0 Å². The van der Waals surface area contributed by atoms with Crippen LogP contribution in [0, 0.1) is 0 Å². The maximum absolute atomic E-state index is 8.91. The molecule has 0 bridgehead atoms. The van der Waals surface area contributed by atoms with Gasteiger partial charge in [0, 0.05) is 50.8 Å². The van der Waals surface area contributed by atoms with Crippen LogP contribution in [-0.4, -0.2) is 73.2 Å². The van der Waals surface area contributed by atoms with E-state index >= 15 is 0 Å². The molecule has 0 radical (unpaired) electrons. The van der Waals surface area contributed by atoms with Gasteiger partial charge in [0.1, 0.15) is 5.84 Å². The molecule has 0 aromatic heterocycles. The van der Waals surface area contributed by atoms with Crippen molar-refractivity contribution in [1.82, 2.24) is 9.80 Å². The Hall–Kier alpha value is -1.57. The molecule has 1 N–H and O–H groups in total. The normalized spacial score (nSPS) is 19.6. The predicted molar refractivity (Wildman–Crippen MR) is 116 cm³/mol. The standard InChI is InChI=1S/C21H25N3O2S.ClH/c25-14-16-26-15-13-23-9-11-24(12-10-23)21-17-5-1-3-7-19(17)27-20-8-4-2-6-18(20)22-21;/h1-8,25H,9-16H2;1H/i13D2,15D2;. The topological polar surface area (TPSA) is 48.3 Å². The second-order valence-electron chi connectivity index (χ2n) is 6.26. The van der Waals surface area contributed by atoms with Gasteiger partial charge in [0.15, 0.2) is 0 Å². The van der Waals surface area contributed by atoms with Gasteiger partial charge in [0.25, 0.3) is 0 Å². The zero-order valence-electron chi connectivity index (χ0n) is 19.4. The van der Waals surface area contributed by atoms with Crippen molar-refractivity contribution >= 4 is 35.7 Å². The molecule has 5 nitrogen and oxygen atoms in total. The molecule has 28 heavy (non-hydrogen) atoms. The van der Waals surface area contributed by atoms with Crippen molar-refractivity contribution in [2.45, 2.75) is 9.79 Å². The lowest BCUT2D eigenvalue weighted by molar-refractivity contribution is 0.0652. The largest absolute Gasteiger partial charge is 0.394 e. The fourth-order valence-corrected chi connectivity index (χ4v) is 4.15. The van der Waals surface area contributed by atoms with E-state index in [1.54, 1.807) is 11.8 Å². The Morgan fingerprint density at radius 1 is 1.04 bits per heavy atom. The Labute approximate surface area is 182 Å². The van der Waals surface area contributed by atoms with E-state index in [1.807, 2.05) is 30.3 Å². The highest BCUT2D eigenvalue weighted by Gasteiger charge is 2.24. The molecule has 1 saturated heterocycles. The summed E-state index contributed by atoms with van der Waals surface area (Å²) in [7, 11) is 0. The summed E-state index contributed by atoms with van der Waals surface area (Å²) in [6.45, 7) is -3.79. The highest BCUT2D eigenvalue weighted by Crippen LogP contribution is 2.40. The number of amidine groups is 1. The number of aliphatic imine (C=N–C) groups is 1. The molecule has 0 aliphatic carbocycles. The molecular formula is C21H26ClN3O2S. The van der Waals surface area contributed by atoms with E-state index < -0.39 is 13.1 Å². The maximum atomic E-state index is 8.91. The SMILES string of the molecule is Cl.[2H]C([2H])(OCCO)C([2H])([2H])N1CCN(C2=Nc3ccccc3Sc3ccccc32)CC1. The Balaban J connectivity index is 0.00000289. The first-order valence-corrected chi connectivity index (χ1v) is 9.85. The number of fused-ring (bicyclic) bond motifs is 2. The number of aliphatic hydroxyl groups excluding tert-OH is 1. The van der Waals surface area contributed by atoms with Gasteiger partial charge in [-0.05, 0) is 18.2 Å². The predicted octanol–water partition coefficient (Wildman–Crippen LogP) is 3.28. The zero-order valence-corrected chi connectivity index (χ0v) is 17.0. The first-order valence-electron chi connectivity index (χ1n) is 11.0. The lowest BCUT2D eigenvalue weighted by atomic mass is 10.1. The second-order valence-corrected chi connectivity index (χ2v) is 7.35. The van der Waals surface area contributed by atoms with Gasteiger partial charge in [-0.3, -0.25) is 4.90 Å². The van der Waals surface area contributed by atoms with Crippen molar-refractivity contribution in [1.29, 1.82) is 0 Å². The third-order valence-electron chi connectivity index (χ3n) is 4.49. The Kier molecular flexibility index (Phi) is 5.96. The van der Waals surface area contributed by atoms with Crippen LogP contribution in [0.1, 0.15) is 11.0 Å². The summed E-state index contributed by atoms with van der Waals surface area (Å²) in [5.41, 5.74) is 1.95. The molecule has 0 atom stereocenters. The van der Waals surface area contributed by atoms with Crippen molar-refractivity contribution < 1.29 is 15.3 Å². The minimum absolute atomic E-state index is 0. The average Bonchev–Trinajstić information content (AvgIpc) is 2.94. The summed E-state index contributed by atoms with van der Waals surface area (Å²) in [5.74, 6) is 0.854. The van der Waals surface area contributed by atoms with Gasteiger partial charge in [0.05, 0.1) is 28.2 Å². The first kappa shape index (κ1) is 16.3. The molecule has 4 rings (SSSR count). The van der Waals surface area contributed by atoms with Gasteiger partial charge >= 0.3 is 0 Å². The molecule has 1 fully saturated rings. The highest BCUT2D eigenvalue weighted by atomic mass is 35.5. The smallest absolute Gasteiger partial charge is 0.137 e. The van der Waals surface area contributed by atoms with Gasteiger partial charge in [-0.2, -0.15) is 0 Å². The number of benzene rings is 2. The Morgan fingerprint density at radius 3 is 2.54 bits per heavy atom. The summed E-state index contributed by atoms with van der Waals surface area (Å²) < 4.78 is 37.6. The number of piperazine rings is 1. The van der Waals surface area contributed by atoms with Crippen molar-refractivity contribution in [3.63, 3.8) is 0 Å². The maximum Gasteiger partial charge on any atom is 0.137 e. The van der Waals surface area contributed by atoms with Crippen LogP contribution in [0.3, 0.4) is 0 Å². The number of aliphatic hydroxyl groups is 1. The van der Waals surface area contributed by atoms with Crippen LogP contribution < -0.4 is 0 Å². The average molecular weight is 424 g/mol. The summed E-state index contributed by atoms with van der Waals surface area (Å²) in [4.78, 5) is 10.8. The van der Waals surface area contributed by atoms with Gasteiger partial charge in [-0.1, -0.05) is 42.1 Å². The highest BCUT2D eigenvalue weighted by molar-refractivity contribution is 7.99. The second kappa shape index (κ2) is 10.3. The molecule has 0 unspecified atom stereocenters. The van der Waals surface area contributed by atoms with Crippen molar-refractivity contribution in [2.24, 2.45) is 4.99 Å². The number of ether oxygens (including phenoxy) is 1. The lowest BCUT2D eigenvalue weighted by Gasteiger charge is -2.36. The molecule has 2 aliphatic rings. The fourth-order valence-electron chi connectivity index (χ4n) is 3.13. The summed E-state index contributed by atoms with van der Waals surface area (Å²) in [5, 5.41) is 8.91. The molecule has 2 aromatic carbocycles. The van der Waals surface area contributed by atoms with Crippen LogP contribution in [0.4, 0.5) is 5.69 Å². The van der Waals surface area contributed by atoms with E-state index in [-0.39, 0.29) is 25.6 Å². The van der Waals surface area contributed by atoms with E-state index in [0.29, 0.717) is 26.2 Å². The number of rotatable bonds is 5. The molecule has 0 saturated carbocycles. The van der Waals surface area contributed by atoms with Gasteiger partial charge in [0.2, 0.25) is 0 Å². The number of halogens is 1. The monoisotopic (exact) mass is 423 g/mol. The quantitative estimate of drug-likeness (QED) is 0.799. The van der Waals surface area contributed by atoms with Crippen molar-refractivity contribution in [3.8, 4) is 0 Å². The molecule has 0 spiro atoms. The zero-order chi connectivity index (χ0) is 22.1. The Morgan fingerprint density at radius 2 is 1.75 bits per heavy atom. The minimum atomic E-state index is -2.53. The minimum Gasteiger partial charge on any atom is -0.394 e. The number of para-hydroxylation sites is 1. The summed E-state index contributed by atoms with van der Waals surface area (Å²) >= 11 is 1.69. The van der Waals surface area contributed by atoms with Gasteiger partial charge in [-0.15, -0.1) is 12.4 Å². The molecule has 150 valence electrons. The molecule has 2 heterocycles. The fraction of sp³-hybridized carbons (Fsp3) is 0.381. The number of hydrogen-bond acceptors (Lipinski definition) is 6. The van der Waals surface area contributed by atoms with E-state index in [0.717, 1.165) is 26.9 Å².